The van der Waals surface area contributed by atoms with Gasteiger partial charge in [0.1, 0.15) is 6.10 Å². The number of rotatable bonds is 10. The molecule has 8 heteroatoms. The van der Waals surface area contributed by atoms with Gasteiger partial charge in [0.05, 0.1) is 23.3 Å². The second-order valence-corrected chi connectivity index (χ2v) is 10.2. The number of anilines is 1. The van der Waals surface area contributed by atoms with E-state index >= 15 is 0 Å². The monoisotopic (exact) mass is 523 g/mol. The Hall–Kier alpha value is -3.68. The van der Waals surface area contributed by atoms with Gasteiger partial charge < -0.3 is 19.5 Å². The normalized spacial score (nSPS) is 18.9. The van der Waals surface area contributed by atoms with Crippen molar-refractivity contribution in [3.05, 3.63) is 65.2 Å². The lowest BCUT2D eigenvalue weighted by molar-refractivity contribution is -0.119. The van der Waals surface area contributed by atoms with Crippen molar-refractivity contribution < 1.29 is 33.4 Å². The van der Waals surface area contributed by atoms with Gasteiger partial charge in [0.2, 0.25) is 0 Å². The maximum atomic E-state index is 13.1. The van der Waals surface area contributed by atoms with E-state index in [0.29, 0.717) is 29.7 Å². The van der Waals surface area contributed by atoms with E-state index in [0.717, 1.165) is 25.7 Å². The number of benzene rings is 2. The predicted octanol–water partition coefficient (Wildman–Crippen LogP) is 5.67. The minimum Gasteiger partial charge on any atom is -0.462 e. The van der Waals surface area contributed by atoms with Crippen molar-refractivity contribution in [2.75, 3.05) is 18.5 Å². The van der Waals surface area contributed by atoms with E-state index in [4.69, 9.17) is 14.2 Å². The Kier molecular flexibility index (Phi) is 10.4. The molecule has 38 heavy (non-hydrogen) atoms. The van der Waals surface area contributed by atoms with Crippen molar-refractivity contribution in [3.63, 3.8) is 0 Å². The van der Waals surface area contributed by atoms with Crippen LogP contribution in [0.4, 0.5) is 5.69 Å². The Morgan fingerprint density at radius 3 is 2.18 bits per heavy atom. The summed E-state index contributed by atoms with van der Waals surface area (Å²) in [5.74, 6) is -1.24. The van der Waals surface area contributed by atoms with Crippen molar-refractivity contribution >= 4 is 29.5 Å². The maximum Gasteiger partial charge on any atom is 0.339 e. The quantitative estimate of drug-likeness (QED) is 0.316. The van der Waals surface area contributed by atoms with Gasteiger partial charge in [-0.3, -0.25) is 4.79 Å². The van der Waals surface area contributed by atoms with Crippen molar-refractivity contribution in [3.8, 4) is 0 Å². The second kappa shape index (κ2) is 13.7. The lowest BCUT2D eigenvalue weighted by Crippen LogP contribution is -2.36. The fourth-order valence-electron chi connectivity index (χ4n) is 4.66. The lowest BCUT2D eigenvalue weighted by atomic mass is 9.75. The molecular formula is C30H37NO7. The fraction of sp³-hybridized carbons (Fsp3) is 0.467. The summed E-state index contributed by atoms with van der Waals surface area (Å²) >= 11 is 0. The first-order chi connectivity index (χ1) is 18.2. The summed E-state index contributed by atoms with van der Waals surface area (Å²) in [7, 11) is 0. The van der Waals surface area contributed by atoms with Gasteiger partial charge in [-0.25, -0.2) is 14.4 Å². The lowest BCUT2D eigenvalue weighted by Gasteiger charge is -2.36. The van der Waals surface area contributed by atoms with Crippen molar-refractivity contribution in [2.24, 2.45) is 17.8 Å². The largest absolute Gasteiger partial charge is 0.462 e. The van der Waals surface area contributed by atoms with Crippen LogP contribution >= 0.6 is 0 Å². The number of esters is 3. The summed E-state index contributed by atoms with van der Waals surface area (Å²) in [6.07, 6.45) is 3.42. The molecule has 0 bridgehead atoms. The van der Waals surface area contributed by atoms with Gasteiger partial charge in [-0.05, 0) is 73.4 Å². The molecule has 1 saturated carbocycles. The minimum atomic E-state index is -0.792. The molecule has 0 radical (unpaired) electrons. The molecule has 2 aromatic rings. The Morgan fingerprint density at radius 1 is 0.895 bits per heavy atom. The molecule has 0 heterocycles. The molecule has 8 nitrogen and oxygen atoms in total. The maximum absolute atomic E-state index is 13.1. The Balaban J connectivity index is 1.58. The Bertz CT molecular complexity index is 1130. The van der Waals surface area contributed by atoms with Gasteiger partial charge >= 0.3 is 17.9 Å². The van der Waals surface area contributed by atoms with Crippen LogP contribution < -0.4 is 5.32 Å². The summed E-state index contributed by atoms with van der Waals surface area (Å²) in [6.45, 7) is 8.12. The molecule has 1 fully saturated rings. The zero-order chi connectivity index (χ0) is 27.7. The van der Waals surface area contributed by atoms with Crippen molar-refractivity contribution in [1.29, 1.82) is 0 Å². The van der Waals surface area contributed by atoms with Crippen LogP contribution in [-0.4, -0.2) is 43.1 Å². The highest BCUT2D eigenvalue weighted by atomic mass is 16.5. The third-order valence-electron chi connectivity index (χ3n) is 6.76. The summed E-state index contributed by atoms with van der Waals surface area (Å²) < 4.78 is 16.2. The van der Waals surface area contributed by atoms with Gasteiger partial charge in [0.15, 0.2) is 6.61 Å². The van der Waals surface area contributed by atoms with Crippen LogP contribution in [0.5, 0.6) is 0 Å². The van der Waals surface area contributed by atoms with Crippen LogP contribution in [0, 0.1) is 17.8 Å². The molecule has 1 aliphatic rings. The van der Waals surface area contributed by atoms with Crippen molar-refractivity contribution in [1.82, 2.24) is 0 Å². The molecule has 1 N–H and O–H groups in total. The molecule has 1 aliphatic carbocycles. The summed E-state index contributed by atoms with van der Waals surface area (Å²) in [4.78, 5) is 50.1. The summed E-state index contributed by atoms with van der Waals surface area (Å²) in [6, 6.07) is 12.5. The Morgan fingerprint density at radius 2 is 1.55 bits per heavy atom. The molecule has 0 aromatic heterocycles. The molecule has 1 amide bonds. The van der Waals surface area contributed by atoms with E-state index in [1.165, 1.54) is 12.1 Å². The molecule has 3 rings (SSSR count). The van der Waals surface area contributed by atoms with Gasteiger partial charge in [0, 0.05) is 5.69 Å². The highest BCUT2D eigenvalue weighted by Crippen LogP contribution is 2.35. The smallest absolute Gasteiger partial charge is 0.339 e. The zero-order valence-electron chi connectivity index (χ0n) is 22.5. The van der Waals surface area contributed by atoms with Crippen LogP contribution in [0.25, 0.3) is 0 Å². The van der Waals surface area contributed by atoms with E-state index in [-0.39, 0.29) is 23.1 Å². The van der Waals surface area contributed by atoms with E-state index < -0.39 is 30.4 Å². The zero-order valence-corrected chi connectivity index (χ0v) is 22.5. The molecule has 0 aliphatic heterocycles. The number of carbonyl (C=O) groups excluding carboxylic acids is 4. The van der Waals surface area contributed by atoms with E-state index in [9.17, 15) is 19.2 Å². The molecule has 0 unspecified atom stereocenters. The number of hydrogen-bond acceptors (Lipinski definition) is 7. The van der Waals surface area contributed by atoms with Gasteiger partial charge in [-0.1, -0.05) is 46.2 Å². The van der Waals surface area contributed by atoms with Gasteiger partial charge in [0.25, 0.3) is 5.91 Å². The standard InChI is InChI=1S/C30H37NO7/c1-5-16-36-28(33)21-11-13-22(14-12-21)31-27(32)18-37-29(34)24-8-6-7-9-25(24)30(35)38-26-17-20(4)10-15-23(26)19(2)3/h6-9,11-14,19-20,23,26H,5,10,15-18H2,1-4H3,(H,31,32)/t20-,23+,26-/m1/s1. The molecule has 204 valence electrons. The van der Waals surface area contributed by atoms with Crippen LogP contribution in [0.2, 0.25) is 0 Å². The highest BCUT2D eigenvalue weighted by Gasteiger charge is 2.34. The number of ether oxygens (including phenoxy) is 3. The van der Waals surface area contributed by atoms with E-state index in [1.807, 2.05) is 6.92 Å². The first-order valence-electron chi connectivity index (χ1n) is 13.2. The molecule has 3 atom stereocenters. The first-order valence-corrected chi connectivity index (χ1v) is 13.2. The van der Waals surface area contributed by atoms with Crippen LogP contribution in [0.15, 0.2) is 48.5 Å². The van der Waals surface area contributed by atoms with Crippen LogP contribution in [-0.2, 0) is 19.0 Å². The van der Waals surface area contributed by atoms with E-state index in [1.54, 1.807) is 36.4 Å². The SMILES string of the molecule is CCCOC(=O)c1ccc(NC(=O)COC(=O)c2ccccc2C(=O)O[C@@H]2C[C@H](C)CC[C@H]2C(C)C)cc1. The third-order valence-corrected chi connectivity index (χ3v) is 6.76. The highest BCUT2D eigenvalue weighted by molar-refractivity contribution is 6.04. The molecular weight excluding hydrogens is 486 g/mol. The number of hydrogen-bond donors (Lipinski definition) is 1. The van der Waals surface area contributed by atoms with Crippen LogP contribution in [0.1, 0.15) is 84.5 Å². The van der Waals surface area contributed by atoms with Crippen LogP contribution in [0.3, 0.4) is 0 Å². The average Bonchev–Trinajstić information content (AvgIpc) is 2.90. The molecule has 0 saturated heterocycles. The third kappa shape index (κ3) is 7.91. The van der Waals surface area contributed by atoms with E-state index in [2.05, 4.69) is 26.1 Å². The summed E-state index contributed by atoms with van der Waals surface area (Å²) in [5, 5.41) is 2.61. The van der Waals surface area contributed by atoms with Gasteiger partial charge in [-0.15, -0.1) is 0 Å². The summed E-state index contributed by atoms with van der Waals surface area (Å²) in [5.41, 5.74) is 0.964. The fourth-order valence-corrected chi connectivity index (χ4v) is 4.66. The number of nitrogens with one attached hydrogen (secondary N) is 1. The first kappa shape index (κ1) is 28.9. The molecule has 0 spiro atoms. The van der Waals surface area contributed by atoms with Crippen molar-refractivity contribution in [2.45, 2.75) is 59.5 Å². The topological polar surface area (TPSA) is 108 Å². The number of carbonyl (C=O) groups is 4. The predicted molar refractivity (Wildman–Crippen MR) is 143 cm³/mol. The van der Waals surface area contributed by atoms with Gasteiger partial charge in [-0.2, -0.15) is 0 Å². The average molecular weight is 524 g/mol. The number of amides is 1. The molecule has 2 aromatic carbocycles. The minimum absolute atomic E-state index is 0.0465. The Labute approximate surface area is 224 Å². The second-order valence-electron chi connectivity index (χ2n) is 10.2.